The second-order valence-electron chi connectivity index (χ2n) is 5.10. The van der Waals surface area contributed by atoms with Crippen LogP contribution in [0.5, 0.6) is 0 Å². The first-order chi connectivity index (χ1) is 8.27. The number of benzene rings is 1. The molecule has 0 unspecified atom stereocenters. The summed E-state index contributed by atoms with van der Waals surface area (Å²) in [7, 11) is 0. The van der Waals surface area contributed by atoms with Crippen molar-refractivity contribution in [3.8, 4) is 0 Å². The molecule has 1 nitrogen and oxygen atoms in total. The quantitative estimate of drug-likeness (QED) is 0.767. The molecule has 1 aliphatic rings. The molecule has 0 saturated heterocycles. The summed E-state index contributed by atoms with van der Waals surface area (Å²) in [5.74, 6) is 0. The fraction of sp³-hybridized carbons (Fsp3) is 0.600. The van der Waals surface area contributed by atoms with Gasteiger partial charge in [0, 0.05) is 17.1 Å². The lowest BCUT2D eigenvalue weighted by Crippen LogP contribution is -2.31. The Morgan fingerprint density at radius 2 is 1.76 bits per heavy atom. The lowest BCUT2D eigenvalue weighted by Gasteiger charge is -2.23. The molecule has 2 rings (SSSR count). The average molecular weight is 252 g/mol. The largest absolute Gasteiger partial charge is 0.307 e. The standard InChI is InChI=1S/C15H22ClN/c1-12(14-10-6-7-11-15(14)16)17-13-8-4-2-3-5-9-13/h6-7,10-13,17H,2-5,8-9H2,1H3/t12-/m0/s1. The molecule has 1 aromatic carbocycles. The fourth-order valence-electron chi connectivity index (χ4n) is 2.72. The zero-order chi connectivity index (χ0) is 12.1. The van der Waals surface area contributed by atoms with E-state index in [2.05, 4.69) is 24.4 Å². The van der Waals surface area contributed by atoms with Crippen LogP contribution < -0.4 is 5.32 Å². The van der Waals surface area contributed by atoms with Gasteiger partial charge in [-0.05, 0) is 31.4 Å². The molecule has 0 aliphatic heterocycles. The molecule has 0 heterocycles. The Kier molecular flexibility index (Phi) is 4.87. The Bertz CT molecular complexity index is 343. The Balaban J connectivity index is 1.96. The van der Waals surface area contributed by atoms with Gasteiger partial charge in [0.15, 0.2) is 0 Å². The summed E-state index contributed by atoms with van der Waals surface area (Å²) in [4.78, 5) is 0. The molecular weight excluding hydrogens is 230 g/mol. The summed E-state index contributed by atoms with van der Waals surface area (Å²) in [6.07, 6.45) is 8.17. The van der Waals surface area contributed by atoms with Crippen LogP contribution in [0.15, 0.2) is 24.3 Å². The van der Waals surface area contributed by atoms with Crippen molar-refractivity contribution in [2.75, 3.05) is 0 Å². The van der Waals surface area contributed by atoms with Gasteiger partial charge in [-0.2, -0.15) is 0 Å². The van der Waals surface area contributed by atoms with Crippen molar-refractivity contribution in [1.82, 2.24) is 5.32 Å². The van der Waals surface area contributed by atoms with Crippen molar-refractivity contribution < 1.29 is 0 Å². The third-order valence-electron chi connectivity index (χ3n) is 3.71. The Labute approximate surface area is 110 Å². The Morgan fingerprint density at radius 1 is 1.12 bits per heavy atom. The molecule has 94 valence electrons. The van der Waals surface area contributed by atoms with E-state index in [9.17, 15) is 0 Å². The maximum absolute atomic E-state index is 6.23. The molecule has 17 heavy (non-hydrogen) atoms. The third kappa shape index (κ3) is 3.72. The highest BCUT2D eigenvalue weighted by molar-refractivity contribution is 6.31. The smallest absolute Gasteiger partial charge is 0.0453 e. The van der Waals surface area contributed by atoms with Gasteiger partial charge in [0.2, 0.25) is 0 Å². The molecule has 1 aromatic rings. The van der Waals surface area contributed by atoms with E-state index >= 15 is 0 Å². The van der Waals surface area contributed by atoms with Crippen LogP contribution in [0.2, 0.25) is 5.02 Å². The minimum Gasteiger partial charge on any atom is -0.307 e. The van der Waals surface area contributed by atoms with Gasteiger partial charge in [0.05, 0.1) is 0 Å². The fourth-order valence-corrected chi connectivity index (χ4v) is 3.02. The summed E-state index contributed by atoms with van der Waals surface area (Å²) in [6, 6.07) is 9.17. The first kappa shape index (κ1) is 12.9. The Hall–Kier alpha value is -0.530. The summed E-state index contributed by atoms with van der Waals surface area (Å²) in [6.45, 7) is 2.21. The normalized spacial score (nSPS) is 19.9. The van der Waals surface area contributed by atoms with E-state index in [0.717, 1.165) is 5.02 Å². The topological polar surface area (TPSA) is 12.0 Å². The number of hydrogen-bond acceptors (Lipinski definition) is 1. The van der Waals surface area contributed by atoms with Crippen molar-refractivity contribution in [2.24, 2.45) is 0 Å². The van der Waals surface area contributed by atoms with Crippen LogP contribution in [-0.2, 0) is 0 Å². The van der Waals surface area contributed by atoms with E-state index in [-0.39, 0.29) is 0 Å². The van der Waals surface area contributed by atoms with Crippen LogP contribution in [0.4, 0.5) is 0 Å². The summed E-state index contributed by atoms with van der Waals surface area (Å²) < 4.78 is 0. The van der Waals surface area contributed by atoms with Crippen molar-refractivity contribution in [1.29, 1.82) is 0 Å². The molecule has 1 saturated carbocycles. The Morgan fingerprint density at radius 3 is 2.41 bits per heavy atom. The highest BCUT2D eigenvalue weighted by Crippen LogP contribution is 2.25. The second kappa shape index (κ2) is 6.42. The van der Waals surface area contributed by atoms with Gasteiger partial charge in [-0.3, -0.25) is 0 Å². The molecule has 2 heteroatoms. The maximum Gasteiger partial charge on any atom is 0.0453 e. The highest BCUT2D eigenvalue weighted by Gasteiger charge is 2.16. The molecule has 0 amide bonds. The van der Waals surface area contributed by atoms with E-state index in [1.165, 1.54) is 44.1 Å². The van der Waals surface area contributed by atoms with Crippen molar-refractivity contribution in [2.45, 2.75) is 57.5 Å². The van der Waals surface area contributed by atoms with Crippen molar-refractivity contribution >= 4 is 11.6 Å². The van der Waals surface area contributed by atoms with Gasteiger partial charge in [0.1, 0.15) is 0 Å². The highest BCUT2D eigenvalue weighted by atomic mass is 35.5. The number of halogens is 1. The molecule has 1 N–H and O–H groups in total. The van der Waals surface area contributed by atoms with Crippen LogP contribution in [0, 0.1) is 0 Å². The van der Waals surface area contributed by atoms with E-state index in [1.54, 1.807) is 0 Å². The molecule has 0 spiro atoms. The molecular formula is C15H22ClN. The van der Waals surface area contributed by atoms with Gasteiger partial charge in [-0.15, -0.1) is 0 Å². The van der Waals surface area contributed by atoms with Crippen LogP contribution in [0.25, 0.3) is 0 Å². The lowest BCUT2D eigenvalue weighted by molar-refractivity contribution is 0.414. The van der Waals surface area contributed by atoms with Gasteiger partial charge in [-0.25, -0.2) is 0 Å². The summed E-state index contributed by atoms with van der Waals surface area (Å²) >= 11 is 6.23. The van der Waals surface area contributed by atoms with Gasteiger partial charge >= 0.3 is 0 Å². The summed E-state index contributed by atoms with van der Waals surface area (Å²) in [5, 5.41) is 4.61. The number of nitrogens with one attached hydrogen (secondary N) is 1. The minimum atomic E-state index is 0.354. The van der Waals surface area contributed by atoms with E-state index in [4.69, 9.17) is 11.6 Å². The van der Waals surface area contributed by atoms with Crippen molar-refractivity contribution in [3.63, 3.8) is 0 Å². The third-order valence-corrected chi connectivity index (χ3v) is 4.06. The van der Waals surface area contributed by atoms with E-state index in [1.807, 2.05) is 12.1 Å². The monoisotopic (exact) mass is 251 g/mol. The summed E-state index contributed by atoms with van der Waals surface area (Å²) in [5.41, 5.74) is 1.22. The SMILES string of the molecule is C[C@H](NC1CCCCCC1)c1ccccc1Cl. The van der Waals surface area contributed by atoms with Crippen molar-refractivity contribution in [3.05, 3.63) is 34.9 Å². The zero-order valence-electron chi connectivity index (χ0n) is 10.6. The number of rotatable bonds is 3. The molecule has 0 bridgehead atoms. The maximum atomic E-state index is 6.23. The van der Waals surface area contributed by atoms with Gasteiger partial charge in [-0.1, -0.05) is 55.5 Å². The lowest BCUT2D eigenvalue weighted by atomic mass is 10.0. The van der Waals surface area contributed by atoms with E-state index < -0.39 is 0 Å². The first-order valence-corrected chi connectivity index (χ1v) is 7.15. The molecule has 1 aliphatic carbocycles. The van der Waals surface area contributed by atoms with Gasteiger partial charge in [0.25, 0.3) is 0 Å². The van der Waals surface area contributed by atoms with Crippen LogP contribution in [-0.4, -0.2) is 6.04 Å². The second-order valence-corrected chi connectivity index (χ2v) is 5.51. The zero-order valence-corrected chi connectivity index (χ0v) is 11.3. The van der Waals surface area contributed by atoms with Crippen LogP contribution in [0.1, 0.15) is 57.1 Å². The molecule has 1 atom stereocenters. The molecule has 1 fully saturated rings. The predicted octanol–water partition coefficient (Wildman–Crippen LogP) is 4.71. The number of hydrogen-bond donors (Lipinski definition) is 1. The van der Waals surface area contributed by atoms with Gasteiger partial charge < -0.3 is 5.32 Å². The minimum absolute atomic E-state index is 0.354. The molecule has 0 radical (unpaired) electrons. The average Bonchev–Trinajstić information content (AvgIpc) is 2.58. The molecule has 0 aromatic heterocycles. The van der Waals surface area contributed by atoms with Crippen LogP contribution >= 0.6 is 11.6 Å². The van der Waals surface area contributed by atoms with E-state index in [0.29, 0.717) is 12.1 Å². The first-order valence-electron chi connectivity index (χ1n) is 6.78. The van der Waals surface area contributed by atoms with Crippen LogP contribution in [0.3, 0.4) is 0 Å². The predicted molar refractivity (Wildman–Crippen MR) is 74.5 cm³/mol.